The largest absolute Gasteiger partial charge is 0.472 e. The van der Waals surface area contributed by atoms with Crippen LogP contribution in [0, 0.1) is 0 Å². The summed E-state index contributed by atoms with van der Waals surface area (Å²) in [6, 6.07) is 0. The summed E-state index contributed by atoms with van der Waals surface area (Å²) >= 11 is 0. The van der Waals surface area contributed by atoms with E-state index in [4.69, 9.17) is 18.5 Å². The molecule has 0 saturated heterocycles. The Morgan fingerprint density at radius 3 is 0.827 bits per heavy atom. The highest BCUT2D eigenvalue weighted by molar-refractivity contribution is 7.47. The lowest BCUT2D eigenvalue weighted by molar-refractivity contribution is -0.870. The number of rotatable bonds is 70. The minimum atomic E-state index is -4.42. The zero-order valence-electron chi connectivity index (χ0n) is 63.2. The molecule has 0 aliphatic heterocycles. The number of unbranched alkanes of at least 4 members (excludes halogenated alkanes) is 24. The lowest BCUT2D eigenvalue weighted by Gasteiger charge is -2.24. The summed E-state index contributed by atoms with van der Waals surface area (Å²) < 4.78 is 34.7. The molecule has 0 aliphatic carbocycles. The standard InChI is InChI=1S/C88H144NO8P/c1-6-8-10-12-14-16-18-20-22-24-26-28-30-32-34-36-38-40-42-44-46-48-50-52-54-56-58-60-62-64-66-68-70-72-74-76-78-80-87(90)94-84-86(85-96-98(92,93)95-83-82-89(3,4)5)97-88(91)81-79-77-75-73-71-69-67-65-63-61-59-57-55-53-51-49-47-45-43-41-39-37-35-33-31-29-27-25-23-21-19-17-15-13-11-9-7-2/h8-11,14-17,20-23,26-29,32-35,39,41,45,47,51,53,57,59,63,65,69,71,86H,6-7,12-13,18-19,24-25,30-31,36-38,40,42-44,46,48-50,52,54-56,58,60-62,64,66-68,70,72-85H2,1-5H3/p+1/b10-8-,11-9-,16-14-,17-15-,22-20-,23-21-,28-26-,29-27-,34-32-,35-33-,41-39-,47-45-,53-51-,59-57-,65-63-,71-69-. The van der Waals surface area contributed by atoms with Crippen LogP contribution in [-0.2, 0) is 32.7 Å². The van der Waals surface area contributed by atoms with Gasteiger partial charge >= 0.3 is 19.8 Å². The fourth-order valence-corrected chi connectivity index (χ4v) is 11.0. The first-order chi connectivity index (χ1) is 48.0. The minimum absolute atomic E-state index is 0.0163. The van der Waals surface area contributed by atoms with Crippen LogP contribution in [0.4, 0.5) is 0 Å². The van der Waals surface area contributed by atoms with E-state index in [-0.39, 0.29) is 32.0 Å². The van der Waals surface area contributed by atoms with Gasteiger partial charge in [0.2, 0.25) is 0 Å². The normalized spacial score (nSPS) is 14.1. The highest BCUT2D eigenvalue weighted by Crippen LogP contribution is 2.43. The van der Waals surface area contributed by atoms with Crippen LogP contribution in [0.1, 0.15) is 296 Å². The summed E-state index contributed by atoms with van der Waals surface area (Å²) in [7, 11) is 1.44. The molecule has 2 unspecified atom stereocenters. The van der Waals surface area contributed by atoms with Gasteiger partial charge in [-0.2, -0.15) is 0 Å². The summed E-state index contributed by atoms with van der Waals surface area (Å²) in [5.74, 6) is -0.840. The molecule has 98 heavy (non-hydrogen) atoms. The number of phosphoric ester groups is 1. The van der Waals surface area contributed by atoms with Crippen molar-refractivity contribution < 1.29 is 42.1 Å². The van der Waals surface area contributed by atoms with Gasteiger partial charge in [-0.15, -0.1) is 0 Å². The van der Waals surface area contributed by atoms with Crippen molar-refractivity contribution in [2.24, 2.45) is 0 Å². The van der Waals surface area contributed by atoms with Crippen molar-refractivity contribution in [3.63, 3.8) is 0 Å². The van der Waals surface area contributed by atoms with Gasteiger partial charge in [0.25, 0.3) is 0 Å². The molecule has 554 valence electrons. The SMILES string of the molecule is CC/C=C\C/C=C\C/C=C\C/C=C\C/C=C\C/C=C\C/C=C\C/C=C\C/C=C\C/C=C\C/C=C\CCCCCC(=O)OC(COC(=O)CCCCCCCCCCCCCCCCCCCCCCC/C=C\C/C=C\C/C=C\C/C=C\C/C=C\CC)COP(=O)(O)OCC[N+](C)(C)C. The van der Waals surface area contributed by atoms with Gasteiger partial charge in [0.1, 0.15) is 19.8 Å². The fraction of sp³-hybridized carbons (Fsp3) is 0.614. The van der Waals surface area contributed by atoms with Gasteiger partial charge in [-0.05, 0) is 141 Å². The summed E-state index contributed by atoms with van der Waals surface area (Å²) in [6.07, 6.45) is 119. The number of carbonyl (C=O) groups is 2. The summed E-state index contributed by atoms with van der Waals surface area (Å²) in [4.78, 5) is 36.0. The number of phosphoric acid groups is 1. The van der Waals surface area contributed by atoms with E-state index in [9.17, 15) is 19.0 Å². The average Bonchev–Trinajstić information content (AvgIpc) is 1.08. The highest BCUT2D eigenvalue weighted by atomic mass is 31.2. The molecule has 9 nitrogen and oxygen atoms in total. The second-order valence-corrected chi connectivity index (χ2v) is 28.1. The number of allylic oxidation sites excluding steroid dienone is 32. The van der Waals surface area contributed by atoms with Crippen LogP contribution in [0.2, 0.25) is 0 Å². The molecule has 0 radical (unpaired) electrons. The third-order valence-corrected chi connectivity index (χ3v) is 17.1. The van der Waals surface area contributed by atoms with Gasteiger partial charge < -0.3 is 18.9 Å². The number of likely N-dealkylation sites (N-methyl/N-ethyl adjacent to an activating group) is 1. The number of hydrogen-bond acceptors (Lipinski definition) is 7. The van der Waals surface area contributed by atoms with Crippen molar-refractivity contribution in [2.45, 2.75) is 302 Å². The zero-order chi connectivity index (χ0) is 71.1. The third kappa shape index (κ3) is 79.8. The summed E-state index contributed by atoms with van der Waals surface area (Å²) in [5, 5.41) is 0. The van der Waals surface area contributed by atoms with E-state index in [1.54, 1.807) is 0 Å². The van der Waals surface area contributed by atoms with E-state index < -0.39 is 26.5 Å². The first kappa shape index (κ1) is 92.8. The minimum Gasteiger partial charge on any atom is -0.462 e. The van der Waals surface area contributed by atoms with Crippen molar-refractivity contribution in [2.75, 3.05) is 47.5 Å². The van der Waals surface area contributed by atoms with E-state index in [0.29, 0.717) is 17.4 Å². The molecule has 0 fully saturated rings. The maximum atomic E-state index is 12.9. The second-order valence-electron chi connectivity index (χ2n) is 26.6. The maximum Gasteiger partial charge on any atom is 0.472 e. The van der Waals surface area contributed by atoms with Crippen LogP contribution in [0.3, 0.4) is 0 Å². The van der Waals surface area contributed by atoms with Crippen molar-refractivity contribution in [3.8, 4) is 0 Å². The molecular weight excluding hydrogens is 1230 g/mol. The predicted octanol–water partition coefficient (Wildman–Crippen LogP) is 26.4. The Hall–Kier alpha value is -5.15. The second kappa shape index (κ2) is 76.0. The molecule has 0 aromatic carbocycles. The Bertz CT molecular complexity index is 2360. The summed E-state index contributed by atoms with van der Waals surface area (Å²) in [5.41, 5.74) is 0. The Labute approximate surface area is 603 Å². The molecule has 0 bridgehead atoms. The van der Waals surface area contributed by atoms with Gasteiger partial charge in [0.15, 0.2) is 6.10 Å². The monoisotopic (exact) mass is 1380 g/mol. The average molecular weight is 1380 g/mol. The first-order valence-electron chi connectivity index (χ1n) is 39.2. The molecule has 0 rings (SSSR count). The quantitative estimate of drug-likeness (QED) is 0.0211. The maximum absolute atomic E-state index is 12.9. The third-order valence-electron chi connectivity index (χ3n) is 16.1. The lowest BCUT2D eigenvalue weighted by atomic mass is 10.0. The van der Waals surface area contributed by atoms with E-state index in [2.05, 4.69) is 208 Å². The van der Waals surface area contributed by atoms with Crippen molar-refractivity contribution in [1.82, 2.24) is 0 Å². The Morgan fingerprint density at radius 1 is 0.316 bits per heavy atom. The Morgan fingerprint density at radius 2 is 0.551 bits per heavy atom. The van der Waals surface area contributed by atoms with Crippen molar-refractivity contribution in [3.05, 3.63) is 194 Å². The van der Waals surface area contributed by atoms with Crippen LogP contribution < -0.4 is 0 Å². The van der Waals surface area contributed by atoms with Gasteiger partial charge in [-0.1, -0.05) is 337 Å². The van der Waals surface area contributed by atoms with E-state index in [1.807, 2.05) is 21.1 Å². The molecular formula is C88H145NO8P+. The number of ether oxygens (including phenoxy) is 2. The Balaban J connectivity index is 4.10. The highest BCUT2D eigenvalue weighted by Gasteiger charge is 2.27. The smallest absolute Gasteiger partial charge is 0.462 e. The molecule has 0 aromatic rings. The number of esters is 2. The van der Waals surface area contributed by atoms with Crippen LogP contribution in [0.25, 0.3) is 0 Å². The van der Waals surface area contributed by atoms with Gasteiger partial charge in [0.05, 0.1) is 27.7 Å². The predicted molar refractivity (Wildman–Crippen MR) is 426 cm³/mol. The molecule has 10 heteroatoms. The van der Waals surface area contributed by atoms with Gasteiger partial charge in [-0.25, -0.2) is 4.57 Å². The van der Waals surface area contributed by atoms with E-state index in [0.717, 1.165) is 141 Å². The number of nitrogens with zero attached hydrogens (tertiary/aromatic N) is 1. The molecule has 0 amide bonds. The van der Waals surface area contributed by atoms with Crippen LogP contribution in [0.5, 0.6) is 0 Å². The van der Waals surface area contributed by atoms with Crippen molar-refractivity contribution >= 4 is 19.8 Å². The van der Waals surface area contributed by atoms with Crippen molar-refractivity contribution in [1.29, 1.82) is 0 Å². The number of quaternary nitrogens is 1. The molecule has 0 aromatic heterocycles. The molecule has 1 N–H and O–H groups in total. The molecule has 0 aliphatic rings. The topological polar surface area (TPSA) is 108 Å². The van der Waals surface area contributed by atoms with Gasteiger partial charge in [0, 0.05) is 12.8 Å². The van der Waals surface area contributed by atoms with Gasteiger partial charge in [-0.3, -0.25) is 18.6 Å². The molecule has 0 spiro atoms. The number of carbonyl (C=O) groups excluding carboxylic acids is 2. The fourth-order valence-electron chi connectivity index (χ4n) is 10.2. The summed E-state index contributed by atoms with van der Waals surface area (Å²) in [6.45, 7) is 4.17. The number of hydrogen-bond donors (Lipinski definition) is 1. The molecule has 0 heterocycles. The van der Waals surface area contributed by atoms with Crippen LogP contribution in [0.15, 0.2) is 194 Å². The van der Waals surface area contributed by atoms with E-state index >= 15 is 0 Å². The zero-order valence-corrected chi connectivity index (χ0v) is 64.1. The van der Waals surface area contributed by atoms with E-state index in [1.165, 1.54) is 122 Å². The van der Waals surface area contributed by atoms with Crippen LogP contribution in [-0.4, -0.2) is 74.9 Å². The first-order valence-corrected chi connectivity index (χ1v) is 40.7. The molecule has 0 saturated carbocycles. The lowest BCUT2D eigenvalue weighted by Crippen LogP contribution is -2.37. The Kier molecular flexibility index (Phi) is 72.0. The van der Waals surface area contributed by atoms with Crippen LogP contribution >= 0.6 is 7.82 Å². The molecule has 2 atom stereocenters.